The highest BCUT2D eigenvalue weighted by Crippen LogP contribution is 2.23. The number of aliphatic hydroxyl groups excluding tert-OH is 1. The molecular formula is C16H21NO3S. The molecule has 0 spiro atoms. The van der Waals surface area contributed by atoms with Gasteiger partial charge in [-0.2, -0.15) is 0 Å². The average Bonchev–Trinajstić information content (AvgIpc) is 3.07. The zero-order valence-corrected chi connectivity index (χ0v) is 13.3. The molecule has 1 aliphatic rings. The first-order chi connectivity index (χ1) is 10.1. The summed E-state index contributed by atoms with van der Waals surface area (Å²) < 4.78 is 5.46. The molecule has 0 aromatic carbocycles. The minimum atomic E-state index is -0.0162. The van der Waals surface area contributed by atoms with Gasteiger partial charge < -0.3 is 14.7 Å². The number of carbonyl (C=O) groups is 1. The molecule has 0 radical (unpaired) electrons. The molecule has 4 nitrogen and oxygen atoms in total. The van der Waals surface area contributed by atoms with Crippen molar-refractivity contribution in [2.45, 2.75) is 32.4 Å². The fourth-order valence-corrected chi connectivity index (χ4v) is 3.19. The van der Waals surface area contributed by atoms with Gasteiger partial charge in [0.05, 0.1) is 23.5 Å². The van der Waals surface area contributed by atoms with Crippen LogP contribution in [0.3, 0.4) is 0 Å². The molecule has 1 saturated heterocycles. The molecule has 2 unspecified atom stereocenters. The van der Waals surface area contributed by atoms with E-state index in [-0.39, 0.29) is 24.5 Å². The summed E-state index contributed by atoms with van der Waals surface area (Å²) in [6.45, 7) is 3.32. The smallest absolute Gasteiger partial charge is 0.228 e. The normalized spacial score (nSPS) is 20.9. The number of hydrogen-bond donors (Lipinski definition) is 1. The number of nitrogens with zero attached hydrogens (tertiary/aromatic N) is 1. The van der Waals surface area contributed by atoms with Gasteiger partial charge in [-0.25, -0.2) is 0 Å². The zero-order valence-electron chi connectivity index (χ0n) is 12.5. The van der Waals surface area contributed by atoms with Crippen LogP contribution in [0.5, 0.6) is 0 Å². The summed E-state index contributed by atoms with van der Waals surface area (Å²) >= 11 is 1.57. The van der Waals surface area contributed by atoms with Gasteiger partial charge in [-0.05, 0) is 30.4 Å². The van der Waals surface area contributed by atoms with Gasteiger partial charge in [-0.3, -0.25) is 4.79 Å². The Bertz CT molecular complexity index is 543. The van der Waals surface area contributed by atoms with Gasteiger partial charge in [0.1, 0.15) is 0 Å². The molecule has 0 aliphatic carbocycles. The predicted octanol–water partition coefficient (Wildman–Crippen LogP) is 1.87. The van der Waals surface area contributed by atoms with Crippen LogP contribution in [-0.4, -0.2) is 42.3 Å². The Morgan fingerprint density at radius 3 is 3.10 bits per heavy atom. The Morgan fingerprint density at radius 1 is 1.62 bits per heavy atom. The number of rotatable bonds is 4. The van der Waals surface area contributed by atoms with Gasteiger partial charge in [0.25, 0.3) is 0 Å². The molecule has 1 aromatic heterocycles. The molecule has 1 fully saturated rings. The molecule has 2 heterocycles. The standard InChI is InChI=1S/C16H21NO3S/c1-12-15(6-8-20-12)16(19)17(2)10-13-9-14(21-11-13)5-3-4-7-18/h9,11-12,15,18H,4,6-8,10H2,1-2H3. The predicted molar refractivity (Wildman–Crippen MR) is 82.9 cm³/mol. The molecule has 21 heavy (non-hydrogen) atoms. The van der Waals surface area contributed by atoms with Crippen LogP contribution >= 0.6 is 11.3 Å². The van der Waals surface area contributed by atoms with Crippen molar-refractivity contribution >= 4 is 17.2 Å². The number of carbonyl (C=O) groups excluding carboxylic acids is 1. The quantitative estimate of drug-likeness (QED) is 0.864. The third-order valence-electron chi connectivity index (χ3n) is 3.59. The summed E-state index contributed by atoms with van der Waals surface area (Å²) in [7, 11) is 1.84. The van der Waals surface area contributed by atoms with E-state index in [2.05, 4.69) is 11.8 Å². The molecule has 2 atom stereocenters. The highest BCUT2D eigenvalue weighted by molar-refractivity contribution is 7.10. The minimum absolute atomic E-state index is 0.0161. The van der Waals surface area contributed by atoms with Crippen molar-refractivity contribution in [3.63, 3.8) is 0 Å². The minimum Gasteiger partial charge on any atom is -0.395 e. The van der Waals surface area contributed by atoms with Crippen molar-refractivity contribution in [1.82, 2.24) is 4.90 Å². The Balaban J connectivity index is 1.92. The van der Waals surface area contributed by atoms with E-state index in [1.54, 1.807) is 16.2 Å². The summed E-state index contributed by atoms with van der Waals surface area (Å²) in [6, 6.07) is 2.01. The first-order valence-corrected chi connectivity index (χ1v) is 8.03. The van der Waals surface area contributed by atoms with Crippen molar-refractivity contribution in [3.8, 4) is 11.8 Å². The van der Waals surface area contributed by atoms with E-state index in [1.807, 2.05) is 25.4 Å². The number of thiophene rings is 1. The lowest BCUT2D eigenvalue weighted by Gasteiger charge is -2.22. The summed E-state index contributed by atoms with van der Waals surface area (Å²) in [5.74, 6) is 6.06. The second-order valence-corrected chi connectivity index (χ2v) is 6.17. The lowest BCUT2D eigenvalue weighted by Crippen LogP contribution is -2.35. The van der Waals surface area contributed by atoms with Crippen LogP contribution in [0.1, 0.15) is 30.2 Å². The van der Waals surface area contributed by atoms with Crippen LogP contribution in [0.4, 0.5) is 0 Å². The molecule has 1 aromatic rings. The molecule has 0 bridgehead atoms. The highest BCUT2D eigenvalue weighted by Gasteiger charge is 2.32. The fourth-order valence-electron chi connectivity index (χ4n) is 2.42. The third kappa shape index (κ3) is 4.31. The molecule has 0 saturated carbocycles. The van der Waals surface area contributed by atoms with Crippen molar-refractivity contribution in [2.24, 2.45) is 5.92 Å². The van der Waals surface area contributed by atoms with Crippen LogP contribution < -0.4 is 0 Å². The second-order valence-electron chi connectivity index (χ2n) is 5.26. The molecule has 1 amide bonds. The van der Waals surface area contributed by atoms with Crippen LogP contribution in [0.15, 0.2) is 11.4 Å². The maximum absolute atomic E-state index is 12.4. The molecule has 114 valence electrons. The highest BCUT2D eigenvalue weighted by atomic mass is 32.1. The van der Waals surface area contributed by atoms with Crippen molar-refractivity contribution in [1.29, 1.82) is 0 Å². The van der Waals surface area contributed by atoms with E-state index in [0.29, 0.717) is 19.6 Å². The lowest BCUT2D eigenvalue weighted by atomic mass is 10.0. The van der Waals surface area contributed by atoms with Gasteiger partial charge in [0, 0.05) is 26.6 Å². The largest absolute Gasteiger partial charge is 0.395 e. The molecular weight excluding hydrogens is 286 g/mol. The summed E-state index contributed by atoms with van der Waals surface area (Å²) in [5, 5.41) is 10.7. The van der Waals surface area contributed by atoms with E-state index in [1.165, 1.54) is 0 Å². The zero-order chi connectivity index (χ0) is 15.2. The molecule has 5 heteroatoms. The molecule has 2 rings (SSSR count). The Morgan fingerprint density at radius 2 is 2.43 bits per heavy atom. The Kier molecular flexibility index (Phi) is 5.80. The van der Waals surface area contributed by atoms with Gasteiger partial charge in [0.2, 0.25) is 5.91 Å². The topological polar surface area (TPSA) is 49.8 Å². The van der Waals surface area contributed by atoms with Crippen molar-refractivity contribution < 1.29 is 14.6 Å². The fraction of sp³-hybridized carbons (Fsp3) is 0.562. The van der Waals surface area contributed by atoms with Crippen molar-refractivity contribution in [3.05, 3.63) is 21.9 Å². The Hall–Kier alpha value is -1.35. The first kappa shape index (κ1) is 16.0. The summed E-state index contributed by atoms with van der Waals surface area (Å²) in [4.78, 5) is 15.1. The van der Waals surface area contributed by atoms with Gasteiger partial charge in [-0.15, -0.1) is 11.3 Å². The summed E-state index contributed by atoms with van der Waals surface area (Å²) in [5.41, 5.74) is 1.09. The first-order valence-electron chi connectivity index (χ1n) is 7.15. The van der Waals surface area contributed by atoms with E-state index in [0.717, 1.165) is 16.9 Å². The number of hydrogen-bond acceptors (Lipinski definition) is 4. The monoisotopic (exact) mass is 307 g/mol. The van der Waals surface area contributed by atoms with Gasteiger partial charge in [0.15, 0.2) is 0 Å². The molecule has 1 N–H and O–H groups in total. The number of ether oxygens (including phenoxy) is 1. The van der Waals surface area contributed by atoms with Crippen LogP contribution in [0.2, 0.25) is 0 Å². The SMILES string of the molecule is CC1OCCC1C(=O)N(C)Cc1csc(C#CCCO)c1. The maximum Gasteiger partial charge on any atom is 0.228 e. The molecule has 1 aliphatic heterocycles. The third-order valence-corrected chi connectivity index (χ3v) is 4.49. The van der Waals surface area contributed by atoms with Crippen LogP contribution in [0, 0.1) is 17.8 Å². The van der Waals surface area contributed by atoms with E-state index in [4.69, 9.17) is 9.84 Å². The van der Waals surface area contributed by atoms with Crippen LogP contribution in [0.25, 0.3) is 0 Å². The lowest BCUT2D eigenvalue weighted by molar-refractivity contribution is -0.136. The van der Waals surface area contributed by atoms with E-state index >= 15 is 0 Å². The van der Waals surface area contributed by atoms with Gasteiger partial charge in [-0.1, -0.05) is 11.8 Å². The number of amides is 1. The van der Waals surface area contributed by atoms with E-state index in [9.17, 15) is 4.79 Å². The van der Waals surface area contributed by atoms with Crippen LogP contribution in [-0.2, 0) is 16.1 Å². The van der Waals surface area contributed by atoms with E-state index < -0.39 is 0 Å². The van der Waals surface area contributed by atoms with Crippen molar-refractivity contribution in [2.75, 3.05) is 20.3 Å². The summed E-state index contributed by atoms with van der Waals surface area (Å²) in [6.07, 6.45) is 1.32. The second kappa shape index (κ2) is 7.60. The number of aliphatic hydroxyl groups is 1. The average molecular weight is 307 g/mol. The van der Waals surface area contributed by atoms with Gasteiger partial charge >= 0.3 is 0 Å². The Labute approximate surface area is 129 Å². The maximum atomic E-state index is 12.4.